The van der Waals surface area contributed by atoms with Crippen molar-refractivity contribution in [3.05, 3.63) is 107 Å². The maximum atomic E-state index is 13.3. The molecule has 2 amide bonds. The highest BCUT2D eigenvalue weighted by Crippen LogP contribution is 2.31. The quantitative estimate of drug-likeness (QED) is 0.364. The molecule has 1 aliphatic heterocycles. The van der Waals surface area contributed by atoms with E-state index in [1.807, 2.05) is 46.1 Å². The van der Waals surface area contributed by atoms with Crippen LogP contribution in [0.2, 0.25) is 0 Å². The fourth-order valence-corrected chi connectivity index (χ4v) is 5.82. The Morgan fingerprint density at radius 3 is 2.85 bits per heavy atom. The van der Waals surface area contributed by atoms with Gasteiger partial charge >= 0.3 is 0 Å². The summed E-state index contributed by atoms with van der Waals surface area (Å²) in [7, 11) is 0. The highest BCUT2D eigenvalue weighted by atomic mass is 16.5. The van der Waals surface area contributed by atoms with Crippen LogP contribution in [0.1, 0.15) is 68.5 Å². The Hall–Kier alpha value is -4.53. The number of hydrogen-bond acceptors (Lipinski definition) is 6. The molecule has 2 aliphatic rings. The number of ether oxygens (including phenoxy) is 1. The average Bonchev–Trinajstić information content (AvgIpc) is 3.66. The molecule has 1 fully saturated rings. The smallest absolute Gasteiger partial charge is 0.253 e. The summed E-state index contributed by atoms with van der Waals surface area (Å²) < 4.78 is 7.81. The summed E-state index contributed by atoms with van der Waals surface area (Å²) in [6.07, 6.45) is 8.82. The lowest BCUT2D eigenvalue weighted by Crippen LogP contribution is -2.29. The summed E-state index contributed by atoms with van der Waals surface area (Å²) in [5.74, 6) is 0.232. The minimum atomic E-state index is -0.540. The number of hydrogen-bond donors (Lipinski definition) is 1. The van der Waals surface area contributed by atoms with Crippen LogP contribution in [-0.4, -0.2) is 49.8 Å². The van der Waals surface area contributed by atoms with Crippen molar-refractivity contribution in [3.63, 3.8) is 0 Å². The number of nitrogens with zero attached hydrogens (tertiary/aromatic N) is 5. The number of fused-ring (bicyclic) bond motifs is 1. The number of likely N-dealkylation sites (tertiary alicyclic amines) is 1. The van der Waals surface area contributed by atoms with E-state index in [4.69, 9.17) is 10.5 Å². The molecule has 0 saturated carbocycles. The van der Waals surface area contributed by atoms with Crippen LogP contribution in [0.5, 0.6) is 5.75 Å². The first kappa shape index (κ1) is 25.7. The van der Waals surface area contributed by atoms with Crippen molar-refractivity contribution in [2.45, 2.75) is 44.8 Å². The third-order valence-electron chi connectivity index (χ3n) is 7.83. The highest BCUT2D eigenvalue weighted by Gasteiger charge is 2.29. The summed E-state index contributed by atoms with van der Waals surface area (Å²) in [6.45, 7) is 1.63. The monoisotopic (exact) mass is 536 g/mol. The molecular formula is C31H32N6O3. The predicted molar refractivity (Wildman–Crippen MR) is 149 cm³/mol. The van der Waals surface area contributed by atoms with Crippen molar-refractivity contribution < 1.29 is 14.3 Å². The van der Waals surface area contributed by atoms with E-state index in [2.05, 4.69) is 27.6 Å². The number of para-hydroxylation sites is 1. The first-order valence-corrected chi connectivity index (χ1v) is 13.8. The van der Waals surface area contributed by atoms with Gasteiger partial charge in [-0.3, -0.25) is 14.6 Å². The van der Waals surface area contributed by atoms with E-state index in [-0.39, 0.29) is 18.6 Å². The van der Waals surface area contributed by atoms with Crippen molar-refractivity contribution in [2.24, 2.45) is 11.7 Å². The van der Waals surface area contributed by atoms with E-state index in [1.54, 1.807) is 24.3 Å². The van der Waals surface area contributed by atoms with E-state index in [1.165, 1.54) is 5.56 Å². The van der Waals surface area contributed by atoms with Crippen LogP contribution in [0.25, 0.3) is 0 Å². The molecule has 2 N–H and O–H groups in total. The van der Waals surface area contributed by atoms with Crippen LogP contribution in [-0.2, 0) is 19.4 Å². The Bertz CT molecular complexity index is 1530. The molecular weight excluding hydrogens is 504 g/mol. The van der Waals surface area contributed by atoms with Crippen LogP contribution in [0.4, 0.5) is 0 Å². The van der Waals surface area contributed by atoms with E-state index >= 15 is 0 Å². The Kier molecular flexibility index (Phi) is 7.27. The van der Waals surface area contributed by atoms with Gasteiger partial charge in [0.15, 0.2) is 0 Å². The lowest BCUT2D eigenvalue weighted by molar-refractivity contribution is 0.0786. The molecule has 9 nitrogen and oxygen atoms in total. The molecule has 9 heteroatoms. The summed E-state index contributed by atoms with van der Waals surface area (Å²) in [4.78, 5) is 31.5. The van der Waals surface area contributed by atoms with Gasteiger partial charge in [-0.1, -0.05) is 35.5 Å². The van der Waals surface area contributed by atoms with Crippen LogP contribution in [0.15, 0.2) is 73.1 Å². The van der Waals surface area contributed by atoms with Crippen LogP contribution < -0.4 is 10.5 Å². The number of primary amides is 1. The minimum Gasteiger partial charge on any atom is -0.488 e. The second kappa shape index (κ2) is 11.3. The van der Waals surface area contributed by atoms with Gasteiger partial charge in [0, 0.05) is 31.0 Å². The number of pyridine rings is 1. The second-order valence-electron chi connectivity index (χ2n) is 10.6. The molecule has 204 valence electrons. The van der Waals surface area contributed by atoms with Crippen molar-refractivity contribution in [3.8, 4) is 5.75 Å². The number of amides is 2. The number of carbonyl (C=O) groups excluding carboxylic acids is 2. The SMILES string of the molecule is NC(=O)c1ccccc1OCc1cccc(C(=O)N2CCC(Cc3cn([C@H]4CCCc5cccnc54)nn3)C2)c1. The zero-order chi connectivity index (χ0) is 27.5. The number of carbonyl (C=O) groups is 2. The predicted octanol–water partition coefficient (Wildman–Crippen LogP) is 3.98. The standard InChI is InChI=1S/C31H32N6O3/c32-30(38)26-10-1-2-12-28(26)40-20-22-6-3-8-24(16-22)31(39)36-15-13-21(18-36)17-25-19-37(35-34-25)27-11-4-7-23-9-5-14-33-29(23)27/h1-3,5-6,8-10,12,14,16,19,21,27H,4,7,11,13,15,17-18,20H2,(H2,32,38)/t21?,27-/m0/s1. The van der Waals surface area contributed by atoms with Crippen molar-refractivity contribution in [1.29, 1.82) is 0 Å². The largest absolute Gasteiger partial charge is 0.488 e. The zero-order valence-electron chi connectivity index (χ0n) is 22.3. The van der Waals surface area contributed by atoms with Crippen molar-refractivity contribution >= 4 is 11.8 Å². The van der Waals surface area contributed by atoms with Gasteiger partial charge in [0.2, 0.25) is 0 Å². The van der Waals surface area contributed by atoms with Gasteiger partial charge < -0.3 is 15.4 Å². The molecule has 3 heterocycles. The van der Waals surface area contributed by atoms with Gasteiger partial charge in [0.05, 0.1) is 23.0 Å². The Labute approximate surface area is 233 Å². The minimum absolute atomic E-state index is 0.00966. The van der Waals surface area contributed by atoms with Crippen molar-refractivity contribution in [2.75, 3.05) is 13.1 Å². The summed E-state index contributed by atoms with van der Waals surface area (Å²) in [6, 6.07) is 18.6. The molecule has 6 rings (SSSR count). The van der Waals surface area contributed by atoms with Gasteiger partial charge in [-0.05, 0) is 79.5 Å². The summed E-state index contributed by atoms with van der Waals surface area (Å²) in [5.41, 5.74) is 10.6. The zero-order valence-corrected chi connectivity index (χ0v) is 22.3. The van der Waals surface area contributed by atoms with Gasteiger partial charge in [-0.25, -0.2) is 4.68 Å². The summed E-state index contributed by atoms with van der Waals surface area (Å²) >= 11 is 0. The number of rotatable bonds is 8. The fraction of sp³-hybridized carbons (Fsp3) is 0.323. The molecule has 2 aromatic carbocycles. The lowest BCUT2D eigenvalue weighted by Gasteiger charge is -2.23. The first-order chi connectivity index (χ1) is 19.5. The van der Waals surface area contributed by atoms with E-state index in [0.29, 0.717) is 35.9 Å². The molecule has 1 saturated heterocycles. The van der Waals surface area contributed by atoms with Gasteiger partial charge in [-0.15, -0.1) is 5.10 Å². The molecule has 40 heavy (non-hydrogen) atoms. The molecule has 2 aromatic heterocycles. The highest BCUT2D eigenvalue weighted by molar-refractivity contribution is 5.95. The molecule has 0 radical (unpaired) electrons. The molecule has 2 atom stereocenters. The van der Waals surface area contributed by atoms with Gasteiger partial charge in [0.25, 0.3) is 11.8 Å². The fourth-order valence-electron chi connectivity index (χ4n) is 5.82. The van der Waals surface area contributed by atoms with E-state index < -0.39 is 5.91 Å². The Balaban J connectivity index is 1.06. The third-order valence-corrected chi connectivity index (χ3v) is 7.83. The number of aromatic nitrogens is 4. The summed E-state index contributed by atoms with van der Waals surface area (Å²) in [5, 5.41) is 8.92. The normalized spacial score (nSPS) is 18.4. The van der Waals surface area contributed by atoms with Crippen LogP contribution in [0.3, 0.4) is 0 Å². The number of nitrogens with two attached hydrogens (primary N) is 1. The molecule has 0 spiro atoms. The topological polar surface area (TPSA) is 116 Å². The average molecular weight is 537 g/mol. The lowest BCUT2D eigenvalue weighted by atomic mass is 9.92. The van der Waals surface area contributed by atoms with Crippen molar-refractivity contribution in [1.82, 2.24) is 24.9 Å². The van der Waals surface area contributed by atoms with E-state index in [9.17, 15) is 9.59 Å². The first-order valence-electron chi connectivity index (χ1n) is 13.8. The molecule has 0 bridgehead atoms. The van der Waals surface area contributed by atoms with Crippen LogP contribution >= 0.6 is 0 Å². The third kappa shape index (κ3) is 5.45. The van der Waals surface area contributed by atoms with E-state index in [0.717, 1.165) is 49.1 Å². The molecule has 1 unspecified atom stereocenters. The van der Waals surface area contributed by atoms with Crippen LogP contribution in [0, 0.1) is 5.92 Å². The Morgan fingerprint density at radius 1 is 1.05 bits per heavy atom. The maximum absolute atomic E-state index is 13.3. The van der Waals surface area contributed by atoms with Gasteiger partial charge in [0.1, 0.15) is 12.4 Å². The molecule has 4 aromatic rings. The number of benzene rings is 2. The Morgan fingerprint density at radius 2 is 1.95 bits per heavy atom. The molecule has 1 aliphatic carbocycles. The van der Waals surface area contributed by atoms with Gasteiger partial charge in [-0.2, -0.15) is 0 Å². The second-order valence-corrected chi connectivity index (χ2v) is 10.6. The maximum Gasteiger partial charge on any atom is 0.253 e. The number of aryl methyl sites for hydroxylation is 1.